The fourth-order valence-electron chi connectivity index (χ4n) is 4.60. The van der Waals surface area contributed by atoms with Crippen molar-refractivity contribution in [1.82, 2.24) is 30.3 Å². The lowest BCUT2D eigenvalue weighted by Crippen LogP contribution is -2.48. The van der Waals surface area contributed by atoms with E-state index in [1.54, 1.807) is 0 Å². The van der Waals surface area contributed by atoms with Crippen molar-refractivity contribution in [3.05, 3.63) is 11.6 Å². The summed E-state index contributed by atoms with van der Waals surface area (Å²) in [6.07, 6.45) is 9.45. The lowest BCUT2D eigenvalue weighted by Gasteiger charge is -2.33. The third-order valence-electron chi connectivity index (χ3n) is 6.27. The van der Waals surface area contributed by atoms with E-state index >= 15 is 0 Å². The van der Waals surface area contributed by atoms with Crippen LogP contribution in [-0.4, -0.2) is 51.4 Å². The number of aromatic nitrogens is 3. The number of nitrogens with zero attached hydrogens (tertiary/aromatic N) is 4. The highest BCUT2D eigenvalue weighted by molar-refractivity contribution is 5.73. The molecule has 0 saturated carbocycles. The van der Waals surface area contributed by atoms with E-state index in [1.165, 1.54) is 25.7 Å². The number of carbonyl (C=O) groups is 1. The van der Waals surface area contributed by atoms with Gasteiger partial charge in [0.25, 0.3) is 0 Å². The molecule has 0 aliphatic carbocycles. The van der Waals surface area contributed by atoms with Crippen molar-refractivity contribution >= 4 is 6.03 Å². The fourth-order valence-corrected chi connectivity index (χ4v) is 4.60. The molecular weight excluding hydrogens is 340 g/mol. The van der Waals surface area contributed by atoms with Crippen LogP contribution in [0.5, 0.6) is 0 Å². The minimum atomic E-state index is -0.101. The summed E-state index contributed by atoms with van der Waals surface area (Å²) in [6.45, 7) is 8.97. The van der Waals surface area contributed by atoms with Gasteiger partial charge in [-0.3, -0.25) is 4.90 Å². The molecular formula is C20H36N6O. The summed E-state index contributed by atoms with van der Waals surface area (Å²) >= 11 is 0. The molecule has 1 aromatic heterocycles. The van der Waals surface area contributed by atoms with Crippen molar-refractivity contribution in [3.63, 3.8) is 0 Å². The molecule has 3 rings (SSSR count). The Morgan fingerprint density at radius 3 is 2.48 bits per heavy atom. The van der Waals surface area contributed by atoms with E-state index in [0.29, 0.717) is 18.5 Å². The molecule has 2 N–H and O–H groups in total. The second kappa shape index (κ2) is 10.1. The summed E-state index contributed by atoms with van der Waals surface area (Å²) in [6, 6.07) is 0.341. The minimum Gasteiger partial charge on any atom is -0.337 e. The van der Waals surface area contributed by atoms with E-state index in [9.17, 15) is 4.79 Å². The van der Waals surface area contributed by atoms with Gasteiger partial charge >= 0.3 is 6.03 Å². The van der Waals surface area contributed by atoms with Gasteiger partial charge in [0.2, 0.25) is 0 Å². The molecule has 7 nitrogen and oxygen atoms in total. The van der Waals surface area contributed by atoms with Crippen LogP contribution in [-0.2, 0) is 19.5 Å². The Kier molecular flexibility index (Phi) is 7.50. The van der Waals surface area contributed by atoms with Crippen molar-refractivity contribution in [1.29, 1.82) is 0 Å². The summed E-state index contributed by atoms with van der Waals surface area (Å²) in [4.78, 5) is 15.0. The largest absolute Gasteiger partial charge is 0.337 e. The van der Waals surface area contributed by atoms with Crippen molar-refractivity contribution in [2.75, 3.05) is 19.6 Å². The number of fused-ring (bicyclic) bond motifs is 1. The number of likely N-dealkylation sites (tertiary alicyclic amines) is 1. The first kappa shape index (κ1) is 20.1. The fraction of sp³-hybridized carbons (Fsp3) is 0.850. The third-order valence-corrected chi connectivity index (χ3v) is 6.27. The van der Waals surface area contributed by atoms with Gasteiger partial charge < -0.3 is 15.2 Å². The van der Waals surface area contributed by atoms with Gasteiger partial charge in [-0.2, -0.15) is 0 Å². The summed E-state index contributed by atoms with van der Waals surface area (Å²) in [5.74, 6) is 2.57. The maximum absolute atomic E-state index is 12.4. The van der Waals surface area contributed by atoms with Crippen LogP contribution in [0.4, 0.5) is 4.79 Å². The number of hydrogen-bond donors (Lipinski definition) is 2. The van der Waals surface area contributed by atoms with E-state index in [0.717, 1.165) is 63.5 Å². The Balaban J connectivity index is 1.50. The normalized spacial score (nSPS) is 18.9. The number of nitrogens with one attached hydrogen (secondary N) is 2. The van der Waals surface area contributed by atoms with Crippen molar-refractivity contribution in [2.45, 2.75) is 84.3 Å². The van der Waals surface area contributed by atoms with Crippen molar-refractivity contribution in [2.24, 2.45) is 5.92 Å². The first-order chi connectivity index (χ1) is 13.2. The number of amides is 2. The van der Waals surface area contributed by atoms with E-state index in [4.69, 9.17) is 0 Å². The predicted molar refractivity (Wildman–Crippen MR) is 106 cm³/mol. The van der Waals surface area contributed by atoms with E-state index in [1.807, 2.05) is 0 Å². The first-order valence-corrected chi connectivity index (χ1v) is 10.9. The van der Waals surface area contributed by atoms with Crippen LogP contribution in [0.25, 0.3) is 0 Å². The van der Waals surface area contributed by atoms with Crippen molar-refractivity contribution < 1.29 is 4.79 Å². The SMILES string of the molecule is CCC(CC)C(CNC(=O)NCc1nnc2n1CCCCC2)N1CCCC1. The van der Waals surface area contributed by atoms with Crippen LogP contribution < -0.4 is 10.6 Å². The molecule has 0 radical (unpaired) electrons. The maximum atomic E-state index is 12.4. The molecule has 152 valence electrons. The monoisotopic (exact) mass is 376 g/mol. The van der Waals surface area contributed by atoms with Crippen LogP contribution in [0.3, 0.4) is 0 Å². The van der Waals surface area contributed by atoms with Gasteiger partial charge in [-0.05, 0) is 44.7 Å². The molecule has 1 aromatic rings. The lowest BCUT2D eigenvalue weighted by molar-refractivity contribution is 0.161. The average molecular weight is 377 g/mol. The quantitative estimate of drug-likeness (QED) is 0.731. The van der Waals surface area contributed by atoms with Gasteiger partial charge in [-0.1, -0.05) is 33.1 Å². The molecule has 2 amide bonds. The van der Waals surface area contributed by atoms with Crippen LogP contribution in [0.2, 0.25) is 0 Å². The molecule has 2 aliphatic rings. The van der Waals surface area contributed by atoms with E-state index < -0.39 is 0 Å². The smallest absolute Gasteiger partial charge is 0.315 e. The van der Waals surface area contributed by atoms with Gasteiger partial charge in [0.1, 0.15) is 5.82 Å². The Morgan fingerprint density at radius 1 is 1.00 bits per heavy atom. The number of carbonyl (C=O) groups excluding carboxylic acids is 1. The van der Waals surface area contributed by atoms with Crippen molar-refractivity contribution in [3.8, 4) is 0 Å². The Hall–Kier alpha value is -1.63. The third kappa shape index (κ3) is 5.21. The number of urea groups is 1. The van der Waals surface area contributed by atoms with E-state index in [2.05, 4.69) is 44.1 Å². The second-order valence-corrected chi connectivity index (χ2v) is 7.95. The summed E-state index contributed by atoms with van der Waals surface area (Å²) < 4.78 is 2.19. The molecule has 0 spiro atoms. The molecule has 2 aliphatic heterocycles. The zero-order valence-corrected chi connectivity index (χ0v) is 17.0. The van der Waals surface area contributed by atoms with Crippen LogP contribution >= 0.6 is 0 Å². The topological polar surface area (TPSA) is 75.1 Å². The Morgan fingerprint density at radius 2 is 1.74 bits per heavy atom. The highest BCUT2D eigenvalue weighted by atomic mass is 16.2. The summed E-state index contributed by atoms with van der Waals surface area (Å²) in [5, 5.41) is 14.7. The molecule has 1 unspecified atom stereocenters. The van der Waals surface area contributed by atoms with Crippen LogP contribution in [0.1, 0.15) is 70.4 Å². The summed E-state index contributed by atoms with van der Waals surface area (Å²) in [7, 11) is 0. The van der Waals surface area contributed by atoms with Gasteiger partial charge in [0.05, 0.1) is 6.54 Å². The predicted octanol–water partition coefficient (Wildman–Crippen LogP) is 2.70. The number of rotatable bonds is 8. The lowest BCUT2D eigenvalue weighted by atomic mass is 9.93. The number of aryl methyl sites for hydroxylation is 1. The molecule has 1 saturated heterocycles. The maximum Gasteiger partial charge on any atom is 0.315 e. The standard InChI is InChI=1S/C20H36N6O/c1-3-16(4-2)17(25-11-8-9-12-25)14-21-20(27)22-15-19-24-23-18-10-6-5-7-13-26(18)19/h16-17H,3-15H2,1-2H3,(H2,21,22,27). The zero-order valence-electron chi connectivity index (χ0n) is 17.0. The molecule has 1 atom stereocenters. The van der Waals surface area contributed by atoms with Crippen LogP contribution in [0.15, 0.2) is 0 Å². The second-order valence-electron chi connectivity index (χ2n) is 7.95. The van der Waals surface area contributed by atoms with E-state index in [-0.39, 0.29) is 6.03 Å². The average Bonchev–Trinajstić information content (AvgIpc) is 3.28. The van der Waals surface area contributed by atoms with Gasteiger partial charge in [-0.15, -0.1) is 10.2 Å². The van der Waals surface area contributed by atoms with Gasteiger partial charge in [-0.25, -0.2) is 4.79 Å². The molecule has 3 heterocycles. The molecule has 0 bridgehead atoms. The highest BCUT2D eigenvalue weighted by Crippen LogP contribution is 2.22. The Bertz CT molecular complexity index is 589. The summed E-state index contributed by atoms with van der Waals surface area (Å²) in [5.41, 5.74) is 0. The number of hydrogen-bond acceptors (Lipinski definition) is 4. The van der Waals surface area contributed by atoms with Crippen LogP contribution in [0, 0.1) is 5.92 Å². The Labute approximate surface area is 163 Å². The zero-order chi connectivity index (χ0) is 19.1. The first-order valence-electron chi connectivity index (χ1n) is 10.9. The molecule has 1 fully saturated rings. The molecule has 7 heteroatoms. The van der Waals surface area contributed by atoms with Gasteiger partial charge in [0.15, 0.2) is 5.82 Å². The minimum absolute atomic E-state index is 0.101. The molecule has 0 aromatic carbocycles. The molecule has 27 heavy (non-hydrogen) atoms. The highest BCUT2D eigenvalue weighted by Gasteiger charge is 2.27. The van der Waals surface area contributed by atoms with Gasteiger partial charge in [0, 0.05) is 25.6 Å².